The van der Waals surface area contributed by atoms with Gasteiger partial charge in [-0.2, -0.15) is 0 Å². The van der Waals surface area contributed by atoms with Gasteiger partial charge in [-0.15, -0.1) is 0 Å². The zero-order chi connectivity index (χ0) is 11.5. The van der Waals surface area contributed by atoms with Crippen molar-refractivity contribution < 1.29 is 4.79 Å². The molecule has 0 bridgehead atoms. The van der Waals surface area contributed by atoms with Gasteiger partial charge in [-0.05, 0) is 30.0 Å². The van der Waals surface area contributed by atoms with Crippen LogP contribution in [0.2, 0.25) is 0 Å². The fourth-order valence-corrected chi connectivity index (χ4v) is 3.29. The van der Waals surface area contributed by atoms with E-state index in [0.29, 0.717) is 11.7 Å². The van der Waals surface area contributed by atoms with Crippen LogP contribution in [-0.4, -0.2) is 10.4 Å². The van der Waals surface area contributed by atoms with Crippen molar-refractivity contribution in [3.05, 3.63) is 59.9 Å². The molecule has 2 heterocycles. The third kappa shape index (κ3) is 1.03. The zero-order valence-electron chi connectivity index (χ0n) is 9.47. The fraction of sp³-hybridized carbons (Fsp3) is 0.267. The molecule has 2 unspecified atom stereocenters. The van der Waals surface area contributed by atoms with Crippen LogP contribution < -0.4 is 0 Å². The molecule has 1 aromatic heterocycles. The third-order valence-corrected chi connectivity index (χ3v) is 4.28. The van der Waals surface area contributed by atoms with Gasteiger partial charge in [-0.25, -0.2) is 0 Å². The van der Waals surface area contributed by atoms with Crippen LogP contribution in [0.3, 0.4) is 0 Å². The lowest BCUT2D eigenvalue weighted by atomic mass is 9.85. The van der Waals surface area contributed by atoms with Crippen LogP contribution in [0.15, 0.2) is 48.7 Å². The molecule has 4 rings (SSSR count). The van der Waals surface area contributed by atoms with Crippen LogP contribution in [0.25, 0.3) is 0 Å². The van der Waals surface area contributed by atoms with E-state index >= 15 is 0 Å². The first-order valence-corrected chi connectivity index (χ1v) is 6.08. The van der Waals surface area contributed by atoms with E-state index in [1.54, 1.807) is 0 Å². The highest BCUT2D eigenvalue weighted by Crippen LogP contribution is 2.59. The Labute approximate surface area is 99.9 Å². The molecule has 1 saturated carbocycles. The summed E-state index contributed by atoms with van der Waals surface area (Å²) in [6.45, 7) is 0.989. The van der Waals surface area contributed by atoms with Crippen molar-refractivity contribution in [2.24, 2.45) is 5.92 Å². The Morgan fingerprint density at radius 3 is 2.76 bits per heavy atom. The minimum atomic E-state index is -0.199. The molecule has 1 aliphatic carbocycles. The molecule has 1 aliphatic heterocycles. The molecule has 1 aromatic carbocycles. The van der Waals surface area contributed by atoms with Crippen LogP contribution in [-0.2, 0) is 12.0 Å². The fourth-order valence-electron chi connectivity index (χ4n) is 3.29. The van der Waals surface area contributed by atoms with Crippen LogP contribution in [0.4, 0.5) is 0 Å². The largest absolute Gasteiger partial charge is 0.345 e. The molecule has 0 saturated heterocycles. The average Bonchev–Trinajstić information content (AvgIpc) is 2.92. The average molecular weight is 223 g/mol. The number of nitrogens with zero attached hydrogens (tertiary/aromatic N) is 1. The van der Waals surface area contributed by atoms with E-state index in [-0.39, 0.29) is 5.41 Å². The van der Waals surface area contributed by atoms with Gasteiger partial charge in [0.25, 0.3) is 0 Å². The summed E-state index contributed by atoms with van der Waals surface area (Å²) in [4.78, 5) is 12.6. The Kier molecular flexibility index (Phi) is 1.57. The SMILES string of the molecule is O=C1c2cccn2CC2CC12c1ccccc1. The number of hydrogen-bond donors (Lipinski definition) is 0. The van der Waals surface area contributed by atoms with Gasteiger partial charge in [0, 0.05) is 12.7 Å². The maximum Gasteiger partial charge on any atom is 0.190 e. The lowest BCUT2D eigenvalue weighted by Crippen LogP contribution is -2.31. The van der Waals surface area contributed by atoms with Gasteiger partial charge in [-0.1, -0.05) is 30.3 Å². The van der Waals surface area contributed by atoms with Crippen molar-refractivity contribution in [3.63, 3.8) is 0 Å². The van der Waals surface area contributed by atoms with Crippen LogP contribution >= 0.6 is 0 Å². The molecule has 0 N–H and O–H groups in total. The van der Waals surface area contributed by atoms with Gasteiger partial charge in [0.1, 0.15) is 0 Å². The van der Waals surface area contributed by atoms with Crippen molar-refractivity contribution >= 4 is 5.78 Å². The van der Waals surface area contributed by atoms with Crippen LogP contribution in [0.5, 0.6) is 0 Å². The van der Waals surface area contributed by atoms with Crippen LogP contribution in [0.1, 0.15) is 22.5 Å². The van der Waals surface area contributed by atoms with E-state index in [2.05, 4.69) is 16.7 Å². The number of fused-ring (bicyclic) bond motifs is 2. The molecule has 2 aromatic rings. The summed E-state index contributed by atoms with van der Waals surface area (Å²) < 4.78 is 2.10. The highest BCUT2D eigenvalue weighted by atomic mass is 16.1. The number of carbonyl (C=O) groups is 1. The van der Waals surface area contributed by atoms with Crippen molar-refractivity contribution in [2.75, 3.05) is 0 Å². The van der Waals surface area contributed by atoms with E-state index in [4.69, 9.17) is 0 Å². The number of hydrogen-bond acceptors (Lipinski definition) is 1. The van der Waals surface area contributed by atoms with Crippen molar-refractivity contribution in [1.29, 1.82) is 0 Å². The molecule has 2 aliphatic rings. The van der Waals surface area contributed by atoms with Crippen LogP contribution in [0, 0.1) is 5.92 Å². The maximum absolute atomic E-state index is 12.6. The molecular weight excluding hydrogens is 210 g/mol. The number of benzene rings is 1. The summed E-state index contributed by atoms with van der Waals surface area (Å²) in [5, 5.41) is 0. The minimum absolute atomic E-state index is 0.199. The minimum Gasteiger partial charge on any atom is -0.345 e. The molecule has 2 atom stereocenters. The van der Waals surface area contributed by atoms with Gasteiger partial charge in [0.2, 0.25) is 0 Å². The lowest BCUT2D eigenvalue weighted by Gasteiger charge is -2.23. The standard InChI is InChI=1S/C15H13NO/c17-14-13-7-4-8-16(13)10-12-9-15(12,14)11-5-2-1-3-6-11/h1-8,12H,9-10H2. The van der Waals surface area contributed by atoms with E-state index in [1.165, 1.54) is 5.56 Å². The van der Waals surface area contributed by atoms with Crippen molar-refractivity contribution in [3.8, 4) is 0 Å². The number of ketones is 1. The maximum atomic E-state index is 12.6. The highest BCUT2D eigenvalue weighted by molar-refractivity contribution is 6.06. The topological polar surface area (TPSA) is 22.0 Å². The molecule has 17 heavy (non-hydrogen) atoms. The molecular formula is C15H13NO. The molecule has 0 radical (unpaired) electrons. The van der Waals surface area contributed by atoms with Gasteiger partial charge in [-0.3, -0.25) is 4.79 Å². The molecule has 84 valence electrons. The van der Waals surface area contributed by atoms with E-state index < -0.39 is 0 Å². The summed E-state index contributed by atoms with van der Waals surface area (Å²) in [5.41, 5.74) is 1.88. The quantitative estimate of drug-likeness (QED) is 0.728. The smallest absolute Gasteiger partial charge is 0.190 e. The lowest BCUT2D eigenvalue weighted by molar-refractivity contribution is 0.0911. The zero-order valence-corrected chi connectivity index (χ0v) is 9.47. The molecule has 0 spiro atoms. The summed E-state index contributed by atoms with van der Waals surface area (Å²) >= 11 is 0. The Balaban J connectivity index is 1.87. The Morgan fingerprint density at radius 1 is 1.12 bits per heavy atom. The second kappa shape index (κ2) is 2.89. The Morgan fingerprint density at radius 2 is 1.94 bits per heavy atom. The van der Waals surface area contributed by atoms with Crippen molar-refractivity contribution in [1.82, 2.24) is 4.57 Å². The molecule has 0 amide bonds. The summed E-state index contributed by atoms with van der Waals surface area (Å²) in [7, 11) is 0. The molecule has 1 fully saturated rings. The number of carbonyl (C=O) groups excluding carboxylic acids is 1. The monoisotopic (exact) mass is 223 g/mol. The predicted octanol–water partition coefficient (Wildman–Crippen LogP) is 2.64. The first-order valence-electron chi connectivity index (χ1n) is 6.08. The summed E-state index contributed by atoms with van der Waals surface area (Å²) in [5.74, 6) is 0.808. The summed E-state index contributed by atoms with van der Waals surface area (Å²) in [6, 6.07) is 14.2. The van der Waals surface area contributed by atoms with Gasteiger partial charge in [0.05, 0.1) is 11.1 Å². The second-order valence-electron chi connectivity index (χ2n) is 5.11. The van der Waals surface area contributed by atoms with Gasteiger partial charge >= 0.3 is 0 Å². The van der Waals surface area contributed by atoms with Gasteiger partial charge < -0.3 is 4.57 Å². The van der Waals surface area contributed by atoms with E-state index in [1.807, 2.05) is 36.5 Å². The number of rotatable bonds is 1. The predicted molar refractivity (Wildman–Crippen MR) is 65.0 cm³/mol. The van der Waals surface area contributed by atoms with Gasteiger partial charge in [0.15, 0.2) is 5.78 Å². The Bertz CT molecular complexity index is 598. The van der Waals surface area contributed by atoms with Crippen molar-refractivity contribution in [2.45, 2.75) is 18.4 Å². The summed E-state index contributed by atoms with van der Waals surface area (Å²) in [6.07, 6.45) is 3.03. The number of Topliss-reactive ketones (excluding diaryl/α,β-unsaturated/α-hetero) is 1. The molecule has 2 nitrogen and oxygen atoms in total. The first-order chi connectivity index (χ1) is 8.32. The first kappa shape index (κ1) is 9.23. The third-order valence-electron chi connectivity index (χ3n) is 4.28. The number of aromatic nitrogens is 1. The van der Waals surface area contributed by atoms with E-state index in [0.717, 1.165) is 18.7 Å². The Hall–Kier alpha value is -1.83. The van der Waals surface area contributed by atoms with E-state index in [9.17, 15) is 4.79 Å². The second-order valence-corrected chi connectivity index (χ2v) is 5.11. The highest BCUT2D eigenvalue weighted by Gasteiger charge is 2.63. The molecule has 2 heteroatoms. The normalized spacial score (nSPS) is 29.6.